The normalized spacial score (nSPS) is 10.6. The Labute approximate surface area is 80.3 Å². The first kappa shape index (κ1) is 10.3. The summed E-state index contributed by atoms with van der Waals surface area (Å²) in [5, 5.41) is 3.27. The van der Waals surface area contributed by atoms with Crippen molar-refractivity contribution in [3.8, 4) is 0 Å². The van der Waals surface area contributed by atoms with Crippen LogP contribution in [0.2, 0.25) is 0 Å². The third-order valence-corrected chi connectivity index (χ3v) is 2.17. The van der Waals surface area contributed by atoms with Gasteiger partial charge in [-0.15, -0.1) is 0 Å². The molecule has 0 amide bonds. The molecule has 0 aromatic carbocycles. The maximum atomic E-state index is 5.40. The molecule has 0 fully saturated rings. The number of aryl methyl sites for hydroxylation is 1. The average Bonchev–Trinajstić information content (AvgIpc) is 2.59. The van der Waals surface area contributed by atoms with Crippen LogP contribution in [0.5, 0.6) is 0 Å². The van der Waals surface area contributed by atoms with Gasteiger partial charge < -0.3 is 9.73 Å². The van der Waals surface area contributed by atoms with Gasteiger partial charge in [-0.3, -0.25) is 0 Å². The third-order valence-electron chi connectivity index (χ3n) is 2.17. The first-order valence-electron chi connectivity index (χ1n) is 5.14. The van der Waals surface area contributed by atoms with Crippen LogP contribution >= 0.6 is 0 Å². The molecule has 0 unspecified atom stereocenters. The summed E-state index contributed by atoms with van der Waals surface area (Å²) in [5.74, 6) is 1.11. The second kappa shape index (κ2) is 5.81. The molecule has 2 nitrogen and oxygen atoms in total. The zero-order chi connectivity index (χ0) is 9.52. The van der Waals surface area contributed by atoms with Gasteiger partial charge in [0.15, 0.2) is 0 Å². The van der Waals surface area contributed by atoms with Gasteiger partial charge in [-0.1, -0.05) is 20.3 Å². The van der Waals surface area contributed by atoms with Crippen LogP contribution in [-0.2, 0) is 13.0 Å². The summed E-state index contributed by atoms with van der Waals surface area (Å²) >= 11 is 0. The molecule has 2 heteroatoms. The summed E-state index contributed by atoms with van der Waals surface area (Å²) in [6.07, 6.45) is 5.43. The van der Waals surface area contributed by atoms with Gasteiger partial charge in [0.1, 0.15) is 5.76 Å². The average molecular weight is 181 g/mol. The lowest BCUT2D eigenvalue weighted by atomic mass is 10.1. The number of hydrogen-bond donors (Lipinski definition) is 1. The van der Waals surface area contributed by atoms with Gasteiger partial charge in [-0.2, -0.15) is 0 Å². The monoisotopic (exact) mass is 181 g/mol. The van der Waals surface area contributed by atoms with E-state index in [9.17, 15) is 0 Å². The smallest absolute Gasteiger partial charge is 0.120 e. The van der Waals surface area contributed by atoms with Gasteiger partial charge in [0, 0.05) is 0 Å². The van der Waals surface area contributed by atoms with E-state index >= 15 is 0 Å². The van der Waals surface area contributed by atoms with Gasteiger partial charge in [0.2, 0.25) is 0 Å². The third kappa shape index (κ3) is 3.23. The largest absolute Gasteiger partial charge is 0.468 e. The fourth-order valence-corrected chi connectivity index (χ4v) is 1.35. The van der Waals surface area contributed by atoms with E-state index in [-0.39, 0.29) is 0 Å². The Balaban J connectivity index is 2.45. The summed E-state index contributed by atoms with van der Waals surface area (Å²) in [4.78, 5) is 0. The van der Waals surface area contributed by atoms with Crippen molar-refractivity contribution >= 4 is 0 Å². The topological polar surface area (TPSA) is 25.2 Å². The van der Waals surface area contributed by atoms with Crippen LogP contribution < -0.4 is 5.32 Å². The second-order valence-corrected chi connectivity index (χ2v) is 3.25. The first-order valence-corrected chi connectivity index (χ1v) is 5.14. The summed E-state index contributed by atoms with van der Waals surface area (Å²) in [5.41, 5.74) is 1.36. The lowest BCUT2D eigenvalue weighted by molar-refractivity contribution is 0.482. The van der Waals surface area contributed by atoms with Crippen LogP contribution in [0.4, 0.5) is 0 Å². The molecule has 0 aliphatic carbocycles. The van der Waals surface area contributed by atoms with Crippen molar-refractivity contribution in [2.45, 2.75) is 39.7 Å². The molecule has 0 saturated carbocycles. The summed E-state index contributed by atoms with van der Waals surface area (Å²) in [6.45, 7) is 6.18. The quantitative estimate of drug-likeness (QED) is 0.730. The van der Waals surface area contributed by atoms with Gasteiger partial charge in [0.05, 0.1) is 12.8 Å². The number of hydrogen-bond acceptors (Lipinski definition) is 2. The Bertz CT molecular complexity index is 207. The highest BCUT2D eigenvalue weighted by atomic mass is 16.3. The Morgan fingerprint density at radius 2 is 2.23 bits per heavy atom. The minimum atomic E-state index is 0.864. The number of rotatable bonds is 6. The van der Waals surface area contributed by atoms with E-state index in [0.29, 0.717) is 0 Å². The minimum Gasteiger partial charge on any atom is -0.468 e. The molecule has 1 heterocycles. The Morgan fingerprint density at radius 3 is 2.92 bits per heavy atom. The fourth-order valence-electron chi connectivity index (χ4n) is 1.35. The minimum absolute atomic E-state index is 0.864. The lowest BCUT2D eigenvalue weighted by Crippen LogP contribution is -2.12. The van der Waals surface area contributed by atoms with Crippen LogP contribution in [0.15, 0.2) is 16.7 Å². The maximum Gasteiger partial charge on any atom is 0.120 e. The Kier molecular flexibility index (Phi) is 4.61. The molecule has 13 heavy (non-hydrogen) atoms. The van der Waals surface area contributed by atoms with E-state index in [2.05, 4.69) is 25.2 Å². The predicted octanol–water partition coefficient (Wildman–Crippen LogP) is 2.73. The van der Waals surface area contributed by atoms with Crippen molar-refractivity contribution in [1.29, 1.82) is 0 Å². The Morgan fingerprint density at radius 1 is 1.38 bits per heavy atom. The van der Waals surface area contributed by atoms with Gasteiger partial charge in [-0.05, 0) is 31.0 Å². The Hall–Kier alpha value is -0.760. The summed E-state index contributed by atoms with van der Waals surface area (Å²) in [6, 6.07) is 2.09. The highest BCUT2D eigenvalue weighted by Gasteiger charge is 2.04. The van der Waals surface area contributed by atoms with E-state index in [1.807, 2.05) is 0 Å². The van der Waals surface area contributed by atoms with E-state index < -0.39 is 0 Å². The van der Waals surface area contributed by atoms with Crippen LogP contribution in [0.1, 0.15) is 38.0 Å². The van der Waals surface area contributed by atoms with Crippen molar-refractivity contribution in [3.05, 3.63) is 23.7 Å². The van der Waals surface area contributed by atoms with E-state index in [4.69, 9.17) is 4.42 Å². The fraction of sp³-hybridized carbons (Fsp3) is 0.636. The maximum absolute atomic E-state index is 5.40. The lowest BCUT2D eigenvalue weighted by Gasteiger charge is -2.01. The van der Waals surface area contributed by atoms with Crippen LogP contribution in [0.3, 0.4) is 0 Å². The van der Waals surface area contributed by atoms with E-state index in [1.54, 1.807) is 6.26 Å². The molecule has 74 valence electrons. The second-order valence-electron chi connectivity index (χ2n) is 3.25. The molecule has 0 saturated heterocycles. The zero-order valence-corrected chi connectivity index (χ0v) is 8.60. The van der Waals surface area contributed by atoms with Crippen molar-refractivity contribution in [2.75, 3.05) is 6.54 Å². The molecular formula is C11H19NO. The summed E-state index contributed by atoms with van der Waals surface area (Å²) in [7, 11) is 0. The molecule has 0 atom stereocenters. The van der Waals surface area contributed by atoms with Crippen molar-refractivity contribution < 1.29 is 4.42 Å². The first-order chi connectivity index (χ1) is 6.38. The van der Waals surface area contributed by atoms with Crippen molar-refractivity contribution in [2.24, 2.45) is 0 Å². The van der Waals surface area contributed by atoms with Crippen LogP contribution in [0.25, 0.3) is 0 Å². The standard InChI is InChI=1S/C11H19NO/c1-3-5-6-10-7-8-13-11(10)9-12-4-2/h7-8,12H,3-6,9H2,1-2H3. The molecule has 0 aliphatic heterocycles. The molecular weight excluding hydrogens is 162 g/mol. The molecule has 1 aromatic rings. The van der Waals surface area contributed by atoms with E-state index in [0.717, 1.165) is 25.3 Å². The van der Waals surface area contributed by atoms with Gasteiger partial charge in [-0.25, -0.2) is 0 Å². The van der Waals surface area contributed by atoms with Crippen molar-refractivity contribution in [3.63, 3.8) is 0 Å². The number of furan rings is 1. The van der Waals surface area contributed by atoms with Crippen molar-refractivity contribution in [1.82, 2.24) is 5.32 Å². The molecule has 0 radical (unpaired) electrons. The van der Waals surface area contributed by atoms with Gasteiger partial charge in [0.25, 0.3) is 0 Å². The predicted molar refractivity (Wildman–Crippen MR) is 54.7 cm³/mol. The SMILES string of the molecule is CCCCc1ccoc1CNCC. The highest BCUT2D eigenvalue weighted by Crippen LogP contribution is 2.13. The molecule has 1 rings (SSSR count). The molecule has 1 N–H and O–H groups in total. The number of nitrogens with one attached hydrogen (secondary N) is 1. The number of unbranched alkanes of at least 4 members (excludes halogenated alkanes) is 1. The summed E-state index contributed by atoms with van der Waals surface area (Å²) < 4.78 is 5.40. The zero-order valence-electron chi connectivity index (χ0n) is 8.60. The molecule has 0 spiro atoms. The molecule has 1 aromatic heterocycles. The molecule has 0 bridgehead atoms. The van der Waals surface area contributed by atoms with Crippen LogP contribution in [0, 0.1) is 0 Å². The van der Waals surface area contributed by atoms with E-state index in [1.165, 1.54) is 18.4 Å². The highest BCUT2D eigenvalue weighted by molar-refractivity contribution is 5.16. The van der Waals surface area contributed by atoms with Gasteiger partial charge >= 0.3 is 0 Å². The van der Waals surface area contributed by atoms with Crippen LogP contribution in [-0.4, -0.2) is 6.54 Å². The molecule has 0 aliphatic rings.